The summed E-state index contributed by atoms with van der Waals surface area (Å²) in [5, 5.41) is 2.97. The maximum atomic E-state index is 13.4. The van der Waals surface area contributed by atoms with Crippen LogP contribution in [0.5, 0.6) is 0 Å². The third-order valence-electron chi connectivity index (χ3n) is 6.82. The predicted octanol–water partition coefficient (Wildman–Crippen LogP) is 4.00. The van der Waals surface area contributed by atoms with Gasteiger partial charge in [-0.05, 0) is 49.2 Å². The highest BCUT2D eigenvalue weighted by molar-refractivity contribution is 6.04. The van der Waals surface area contributed by atoms with Gasteiger partial charge in [0.05, 0.1) is 30.6 Å². The molecule has 3 aliphatic heterocycles. The monoisotopic (exact) mass is 456 g/mol. The molecule has 2 amide bonds. The second-order valence-electron chi connectivity index (χ2n) is 8.95. The Hall–Kier alpha value is -3.65. The van der Waals surface area contributed by atoms with Crippen LogP contribution < -0.4 is 20.0 Å². The minimum atomic E-state index is -0.182. The van der Waals surface area contributed by atoms with Gasteiger partial charge in [-0.2, -0.15) is 0 Å². The van der Waals surface area contributed by atoms with Crippen LogP contribution in [0.15, 0.2) is 60.8 Å². The number of hydrogen-bond donors (Lipinski definition) is 1. The van der Waals surface area contributed by atoms with Gasteiger partial charge in [-0.1, -0.05) is 18.2 Å². The van der Waals surface area contributed by atoms with Crippen LogP contribution in [0.25, 0.3) is 11.3 Å². The third kappa shape index (κ3) is 3.94. The fourth-order valence-electron chi connectivity index (χ4n) is 5.14. The molecule has 34 heavy (non-hydrogen) atoms. The summed E-state index contributed by atoms with van der Waals surface area (Å²) in [6, 6.07) is 18.1. The van der Waals surface area contributed by atoms with E-state index < -0.39 is 0 Å². The fourth-order valence-corrected chi connectivity index (χ4v) is 5.14. The largest absolute Gasteiger partial charge is 0.378 e. The maximum absolute atomic E-state index is 13.4. The molecule has 5 heterocycles. The van der Waals surface area contributed by atoms with Gasteiger partial charge in [-0.25, -0.2) is 14.8 Å². The molecule has 0 aliphatic carbocycles. The van der Waals surface area contributed by atoms with Crippen molar-refractivity contribution < 1.29 is 9.53 Å². The number of amides is 2. The number of nitrogens with zero attached hydrogens (tertiary/aromatic N) is 5. The summed E-state index contributed by atoms with van der Waals surface area (Å²) < 4.78 is 5.50. The lowest BCUT2D eigenvalue weighted by molar-refractivity contribution is 0.122. The summed E-state index contributed by atoms with van der Waals surface area (Å²) in [5.41, 5.74) is 4.10. The van der Waals surface area contributed by atoms with E-state index in [1.54, 1.807) is 12.3 Å². The molecule has 8 nitrogen and oxygen atoms in total. The Labute approximate surface area is 199 Å². The first-order chi connectivity index (χ1) is 16.8. The van der Waals surface area contributed by atoms with Crippen molar-refractivity contribution in [3.05, 3.63) is 60.8 Å². The zero-order valence-corrected chi connectivity index (χ0v) is 19.1. The van der Waals surface area contributed by atoms with E-state index in [1.807, 2.05) is 17.0 Å². The number of anilines is 4. The van der Waals surface area contributed by atoms with Crippen molar-refractivity contribution in [2.45, 2.75) is 18.9 Å². The molecule has 2 bridgehead atoms. The van der Waals surface area contributed by atoms with Crippen LogP contribution in [0.2, 0.25) is 0 Å². The Kier molecular flexibility index (Phi) is 5.50. The van der Waals surface area contributed by atoms with Crippen LogP contribution >= 0.6 is 0 Å². The SMILES string of the molecule is O=C(Nc1ccccn1)N1c2nc(-c3cccc(N4CCOCC4)c3)ccc2N2CCC[C@H]1C2. The first kappa shape index (κ1) is 20.9. The number of hydrogen-bond acceptors (Lipinski definition) is 6. The normalized spacial score (nSPS) is 19.5. The number of urea groups is 1. The first-order valence-corrected chi connectivity index (χ1v) is 12.0. The molecule has 1 aromatic carbocycles. The summed E-state index contributed by atoms with van der Waals surface area (Å²) >= 11 is 0. The lowest BCUT2D eigenvalue weighted by Crippen LogP contribution is -2.56. The average Bonchev–Trinajstić information content (AvgIpc) is 2.90. The minimum Gasteiger partial charge on any atom is -0.378 e. The Balaban J connectivity index is 1.36. The van der Waals surface area contributed by atoms with Crippen LogP contribution in [-0.2, 0) is 4.74 Å². The van der Waals surface area contributed by atoms with E-state index in [4.69, 9.17) is 9.72 Å². The number of nitrogens with one attached hydrogen (secondary N) is 1. The molecule has 2 saturated heterocycles. The van der Waals surface area contributed by atoms with Gasteiger partial charge in [0.2, 0.25) is 0 Å². The van der Waals surface area contributed by atoms with Crippen molar-refractivity contribution in [2.75, 3.05) is 59.4 Å². The maximum Gasteiger partial charge on any atom is 0.329 e. The summed E-state index contributed by atoms with van der Waals surface area (Å²) in [6.45, 7) is 5.10. The van der Waals surface area contributed by atoms with Gasteiger partial charge in [0.25, 0.3) is 0 Å². The lowest BCUT2D eigenvalue weighted by atomic mass is 9.99. The average molecular weight is 457 g/mol. The number of rotatable bonds is 3. The van der Waals surface area contributed by atoms with E-state index in [0.717, 1.165) is 75.0 Å². The van der Waals surface area contributed by atoms with Gasteiger partial charge in [-0.15, -0.1) is 0 Å². The van der Waals surface area contributed by atoms with Gasteiger partial charge in [-0.3, -0.25) is 10.2 Å². The van der Waals surface area contributed by atoms with Crippen LogP contribution in [0.4, 0.5) is 27.8 Å². The highest BCUT2D eigenvalue weighted by Crippen LogP contribution is 2.40. The van der Waals surface area contributed by atoms with E-state index in [1.165, 1.54) is 5.69 Å². The minimum absolute atomic E-state index is 0.0902. The molecule has 174 valence electrons. The molecular formula is C26H28N6O2. The molecule has 2 fully saturated rings. The van der Waals surface area contributed by atoms with Crippen molar-refractivity contribution in [3.8, 4) is 11.3 Å². The van der Waals surface area contributed by atoms with Crippen LogP contribution in [-0.4, -0.2) is 61.4 Å². The number of ether oxygens (including phenoxy) is 1. The number of carbonyl (C=O) groups excluding carboxylic acids is 1. The molecule has 3 aliphatic rings. The smallest absolute Gasteiger partial charge is 0.329 e. The fraction of sp³-hybridized carbons (Fsp3) is 0.346. The highest BCUT2D eigenvalue weighted by atomic mass is 16.5. The summed E-state index contributed by atoms with van der Waals surface area (Å²) in [7, 11) is 0. The number of aromatic nitrogens is 2. The molecule has 3 aromatic rings. The summed E-state index contributed by atoms with van der Waals surface area (Å²) in [6.07, 6.45) is 3.70. The van der Waals surface area contributed by atoms with Gasteiger partial charge in [0.1, 0.15) is 5.82 Å². The standard InChI is InChI=1S/C26H28N6O2/c33-26(29-24-8-1-2-11-27-24)32-21-7-4-12-31(18-21)23-10-9-22(28-25(23)32)19-5-3-6-20(17-19)30-13-15-34-16-14-30/h1-3,5-6,8-11,17,21H,4,7,12-16,18H2,(H,27,29,33)/t21-/m0/s1. The van der Waals surface area contributed by atoms with Crippen molar-refractivity contribution in [1.82, 2.24) is 9.97 Å². The number of pyridine rings is 2. The zero-order chi connectivity index (χ0) is 22.9. The molecule has 2 aromatic heterocycles. The number of piperidine rings is 1. The molecule has 6 rings (SSSR count). The van der Waals surface area contributed by atoms with Gasteiger partial charge in [0, 0.05) is 43.6 Å². The van der Waals surface area contributed by atoms with Crippen LogP contribution in [0.1, 0.15) is 12.8 Å². The van der Waals surface area contributed by atoms with Crippen LogP contribution in [0, 0.1) is 0 Å². The topological polar surface area (TPSA) is 73.8 Å². The Morgan fingerprint density at radius 1 is 1.00 bits per heavy atom. The van der Waals surface area contributed by atoms with Crippen molar-refractivity contribution in [2.24, 2.45) is 0 Å². The van der Waals surface area contributed by atoms with E-state index in [2.05, 4.69) is 56.5 Å². The Morgan fingerprint density at radius 3 is 2.76 bits per heavy atom. The van der Waals surface area contributed by atoms with Gasteiger partial charge < -0.3 is 14.5 Å². The number of carbonyl (C=O) groups is 1. The summed E-state index contributed by atoms with van der Waals surface area (Å²) in [5.74, 6) is 1.26. The van der Waals surface area contributed by atoms with E-state index in [9.17, 15) is 4.79 Å². The number of morpholine rings is 1. The van der Waals surface area contributed by atoms with Crippen molar-refractivity contribution >= 4 is 29.0 Å². The first-order valence-electron chi connectivity index (χ1n) is 12.0. The zero-order valence-electron chi connectivity index (χ0n) is 19.1. The van der Waals surface area contributed by atoms with Crippen LogP contribution in [0.3, 0.4) is 0 Å². The quantitative estimate of drug-likeness (QED) is 0.642. The van der Waals surface area contributed by atoms with E-state index >= 15 is 0 Å². The number of fused-ring (bicyclic) bond motifs is 4. The molecule has 1 N–H and O–H groups in total. The lowest BCUT2D eigenvalue weighted by Gasteiger charge is -2.45. The molecule has 0 radical (unpaired) electrons. The molecule has 8 heteroatoms. The molecular weight excluding hydrogens is 428 g/mol. The second-order valence-corrected chi connectivity index (χ2v) is 8.95. The van der Waals surface area contributed by atoms with Crippen molar-refractivity contribution in [1.29, 1.82) is 0 Å². The molecule has 0 saturated carbocycles. The third-order valence-corrected chi connectivity index (χ3v) is 6.82. The van der Waals surface area contributed by atoms with Gasteiger partial charge in [0.15, 0.2) is 5.82 Å². The summed E-state index contributed by atoms with van der Waals surface area (Å²) in [4.78, 5) is 29.3. The number of benzene rings is 1. The second kappa shape index (κ2) is 8.95. The molecule has 0 unspecified atom stereocenters. The Bertz CT molecular complexity index is 1180. The van der Waals surface area contributed by atoms with Crippen molar-refractivity contribution in [3.63, 3.8) is 0 Å². The predicted molar refractivity (Wildman–Crippen MR) is 134 cm³/mol. The molecule has 0 spiro atoms. The molecule has 1 atom stereocenters. The Morgan fingerprint density at radius 2 is 1.91 bits per heavy atom. The van der Waals surface area contributed by atoms with E-state index in [-0.39, 0.29) is 12.1 Å². The van der Waals surface area contributed by atoms with Gasteiger partial charge >= 0.3 is 6.03 Å². The van der Waals surface area contributed by atoms with E-state index in [0.29, 0.717) is 5.82 Å². The highest BCUT2D eigenvalue weighted by Gasteiger charge is 2.38.